The van der Waals surface area contributed by atoms with E-state index in [1.54, 1.807) is 0 Å². The average molecular weight is 746 g/mol. The highest BCUT2D eigenvalue weighted by Crippen LogP contribution is 2.53. The van der Waals surface area contributed by atoms with Crippen LogP contribution in [0.4, 0.5) is 17.1 Å². The second-order valence-corrected chi connectivity index (χ2v) is 16.8. The molecule has 11 rings (SSSR count). The number of anilines is 3. The summed E-state index contributed by atoms with van der Waals surface area (Å²) in [6.07, 6.45) is 0. The molecule has 1 nitrogen and oxygen atoms in total. The first-order chi connectivity index (χ1) is 28.0. The topological polar surface area (TPSA) is 3.24 Å². The Balaban J connectivity index is 1.09. The van der Waals surface area contributed by atoms with E-state index in [1.165, 1.54) is 86.6 Å². The Kier molecular flexibility index (Phi) is 7.77. The molecule has 270 valence electrons. The lowest BCUT2D eigenvalue weighted by atomic mass is 9.81. The van der Waals surface area contributed by atoms with E-state index < -0.39 is 0 Å². The normalized spacial score (nSPS) is 12.9. The molecule has 2 heteroatoms. The third-order valence-electron chi connectivity index (χ3n) is 12.0. The lowest BCUT2D eigenvalue weighted by Gasteiger charge is -2.30. The van der Waals surface area contributed by atoms with Crippen molar-refractivity contribution in [3.8, 4) is 44.5 Å². The van der Waals surface area contributed by atoms with Crippen molar-refractivity contribution in [3.05, 3.63) is 211 Å². The number of benzene rings is 9. The Morgan fingerprint density at radius 3 is 1.74 bits per heavy atom. The van der Waals surface area contributed by atoms with E-state index in [4.69, 9.17) is 0 Å². The van der Waals surface area contributed by atoms with Gasteiger partial charge in [-0.25, -0.2) is 0 Å². The number of fused-ring (bicyclic) bond motifs is 7. The van der Waals surface area contributed by atoms with Gasteiger partial charge in [0.2, 0.25) is 0 Å². The predicted octanol–water partition coefficient (Wildman–Crippen LogP) is 16.0. The molecule has 0 amide bonds. The van der Waals surface area contributed by atoms with Gasteiger partial charge >= 0.3 is 0 Å². The van der Waals surface area contributed by atoms with Gasteiger partial charge in [-0.1, -0.05) is 166 Å². The molecule has 0 fully saturated rings. The van der Waals surface area contributed by atoms with Gasteiger partial charge < -0.3 is 4.90 Å². The fourth-order valence-electron chi connectivity index (χ4n) is 9.17. The van der Waals surface area contributed by atoms with E-state index in [2.05, 4.69) is 219 Å². The quantitative estimate of drug-likeness (QED) is 0.164. The number of hydrogen-bond donors (Lipinski definition) is 0. The zero-order valence-corrected chi connectivity index (χ0v) is 32.7. The SMILES string of the molecule is CC1(C)c2cc(-c3cccc4c3sc3ccccc34)ccc2-c2ccc(N(c3cc(-c4ccccc4)cc(-c4ccccc4)c3)c3cccc4ccccc34)cc21. The maximum atomic E-state index is 2.48. The molecule has 0 N–H and O–H groups in total. The molecule has 0 radical (unpaired) electrons. The maximum absolute atomic E-state index is 2.48. The van der Waals surface area contributed by atoms with Crippen molar-refractivity contribution < 1.29 is 0 Å². The van der Waals surface area contributed by atoms with Crippen molar-refractivity contribution in [1.82, 2.24) is 0 Å². The maximum Gasteiger partial charge on any atom is 0.0540 e. The molecule has 1 aliphatic carbocycles. The van der Waals surface area contributed by atoms with Crippen LogP contribution in [-0.4, -0.2) is 0 Å². The van der Waals surface area contributed by atoms with E-state index in [0.29, 0.717) is 0 Å². The monoisotopic (exact) mass is 745 g/mol. The zero-order valence-electron chi connectivity index (χ0n) is 31.9. The first kappa shape index (κ1) is 33.6. The molecule has 57 heavy (non-hydrogen) atoms. The minimum atomic E-state index is -0.212. The van der Waals surface area contributed by atoms with Crippen LogP contribution in [0.15, 0.2) is 200 Å². The van der Waals surface area contributed by atoms with Crippen LogP contribution in [0.3, 0.4) is 0 Å². The van der Waals surface area contributed by atoms with Gasteiger partial charge in [-0.2, -0.15) is 0 Å². The van der Waals surface area contributed by atoms with E-state index in [-0.39, 0.29) is 5.41 Å². The van der Waals surface area contributed by atoms with Crippen molar-refractivity contribution in [1.29, 1.82) is 0 Å². The van der Waals surface area contributed by atoms with Crippen molar-refractivity contribution in [2.24, 2.45) is 0 Å². The number of hydrogen-bond acceptors (Lipinski definition) is 2. The number of nitrogens with zero attached hydrogens (tertiary/aromatic N) is 1. The van der Waals surface area contributed by atoms with Gasteiger partial charge in [-0.05, 0) is 110 Å². The molecule has 0 unspecified atom stereocenters. The molecule has 1 aromatic heterocycles. The van der Waals surface area contributed by atoms with E-state index in [9.17, 15) is 0 Å². The van der Waals surface area contributed by atoms with E-state index in [0.717, 1.165) is 17.1 Å². The summed E-state index contributed by atoms with van der Waals surface area (Å²) in [7, 11) is 0. The first-order valence-corrected chi connectivity index (χ1v) is 20.6. The standard InChI is InChI=1S/C55H39NS/c1-55(2)50-34-39(45-23-14-24-49-48-22-11-12-26-53(48)57-54(45)49)27-29-46(50)47-30-28-42(35-51(47)55)56(52-25-13-20-38-19-9-10-21-44(38)52)43-32-40(36-15-5-3-6-16-36)31-41(33-43)37-17-7-4-8-18-37/h3-35H,1-2H3. The van der Waals surface area contributed by atoms with Crippen LogP contribution in [0.5, 0.6) is 0 Å². The molecular weight excluding hydrogens is 707 g/mol. The van der Waals surface area contributed by atoms with Crippen LogP contribution >= 0.6 is 11.3 Å². The van der Waals surface area contributed by atoms with Gasteiger partial charge in [0.1, 0.15) is 0 Å². The Morgan fingerprint density at radius 2 is 0.982 bits per heavy atom. The molecule has 0 aliphatic heterocycles. The highest BCUT2D eigenvalue weighted by Gasteiger charge is 2.36. The van der Waals surface area contributed by atoms with Gasteiger partial charge in [0.25, 0.3) is 0 Å². The molecule has 0 bridgehead atoms. The smallest absolute Gasteiger partial charge is 0.0540 e. The molecule has 1 aliphatic rings. The highest BCUT2D eigenvalue weighted by atomic mass is 32.1. The Hall–Kier alpha value is -6.74. The third-order valence-corrected chi connectivity index (χ3v) is 13.3. The van der Waals surface area contributed by atoms with Crippen LogP contribution in [-0.2, 0) is 5.41 Å². The summed E-state index contributed by atoms with van der Waals surface area (Å²) in [5.41, 5.74) is 15.9. The molecule has 9 aromatic carbocycles. The molecule has 0 saturated heterocycles. The van der Waals surface area contributed by atoms with Crippen molar-refractivity contribution >= 4 is 59.3 Å². The summed E-state index contributed by atoms with van der Waals surface area (Å²) in [5, 5.41) is 5.11. The Bertz CT molecular complexity index is 3090. The molecule has 1 heterocycles. The fraction of sp³-hybridized carbons (Fsp3) is 0.0545. The first-order valence-electron chi connectivity index (χ1n) is 19.8. The second kappa shape index (κ2) is 13.2. The van der Waals surface area contributed by atoms with Crippen molar-refractivity contribution in [2.75, 3.05) is 4.90 Å². The lowest BCUT2D eigenvalue weighted by Crippen LogP contribution is -2.17. The summed E-state index contributed by atoms with van der Waals surface area (Å²) < 4.78 is 2.69. The molecular formula is C55H39NS. The predicted molar refractivity (Wildman–Crippen MR) is 245 cm³/mol. The summed E-state index contributed by atoms with van der Waals surface area (Å²) in [5.74, 6) is 0. The number of thiophene rings is 1. The fourth-order valence-corrected chi connectivity index (χ4v) is 10.4. The summed E-state index contributed by atoms with van der Waals surface area (Å²) in [6, 6.07) is 73.9. The highest BCUT2D eigenvalue weighted by molar-refractivity contribution is 7.26. The summed E-state index contributed by atoms with van der Waals surface area (Å²) in [6.45, 7) is 4.80. The van der Waals surface area contributed by atoms with Gasteiger partial charge in [0, 0.05) is 42.3 Å². The zero-order chi connectivity index (χ0) is 38.1. The minimum Gasteiger partial charge on any atom is -0.310 e. The largest absolute Gasteiger partial charge is 0.310 e. The van der Waals surface area contributed by atoms with Crippen LogP contribution < -0.4 is 4.90 Å². The van der Waals surface area contributed by atoms with Gasteiger partial charge in [-0.15, -0.1) is 11.3 Å². The Labute approximate surface area is 337 Å². The molecule has 0 atom stereocenters. The van der Waals surface area contributed by atoms with Crippen LogP contribution in [0.2, 0.25) is 0 Å². The van der Waals surface area contributed by atoms with Crippen LogP contribution in [0.25, 0.3) is 75.5 Å². The second-order valence-electron chi connectivity index (χ2n) is 15.7. The third kappa shape index (κ3) is 5.51. The van der Waals surface area contributed by atoms with Crippen molar-refractivity contribution in [2.45, 2.75) is 19.3 Å². The molecule has 10 aromatic rings. The van der Waals surface area contributed by atoms with Crippen LogP contribution in [0.1, 0.15) is 25.0 Å². The molecule has 0 spiro atoms. The lowest BCUT2D eigenvalue weighted by molar-refractivity contribution is 0.660. The minimum absolute atomic E-state index is 0.212. The molecule has 0 saturated carbocycles. The average Bonchev–Trinajstić information content (AvgIpc) is 3.76. The number of rotatable bonds is 6. The summed E-state index contributed by atoms with van der Waals surface area (Å²) in [4.78, 5) is 2.48. The summed E-state index contributed by atoms with van der Waals surface area (Å²) >= 11 is 1.90. The Morgan fingerprint density at radius 1 is 0.386 bits per heavy atom. The van der Waals surface area contributed by atoms with Gasteiger partial charge in [-0.3, -0.25) is 0 Å². The van der Waals surface area contributed by atoms with Gasteiger partial charge in [0.05, 0.1) is 5.69 Å². The van der Waals surface area contributed by atoms with E-state index >= 15 is 0 Å². The van der Waals surface area contributed by atoms with Gasteiger partial charge in [0.15, 0.2) is 0 Å². The van der Waals surface area contributed by atoms with E-state index in [1.807, 2.05) is 11.3 Å². The van der Waals surface area contributed by atoms with Crippen LogP contribution in [0, 0.1) is 0 Å². The van der Waals surface area contributed by atoms with Crippen molar-refractivity contribution in [3.63, 3.8) is 0 Å².